The predicted molar refractivity (Wildman–Crippen MR) is 119 cm³/mol. The van der Waals surface area contributed by atoms with Crippen LogP contribution in [0.15, 0.2) is 47.4 Å². The Kier molecular flexibility index (Phi) is 7.83. The zero-order chi connectivity index (χ0) is 22.2. The second kappa shape index (κ2) is 10.8. The topological polar surface area (TPSA) is 90.7 Å². The van der Waals surface area contributed by atoms with E-state index in [0.717, 1.165) is 41.2 Å². The highest BCUT2D eigenvalue weighted by molar-refractivity contribution is 7.09. The minimum absolute atomic E-state index is 0.192. The van der Waals surface area contributed by atoms with E-state index in [0.29, 0.717) is 28.9 Å². The summed E-state index contributed by atoms with van der Waals surface area (Å²) >= 11 is 0.834. The van der Waals surface area contributed by atoms with E-state index < -0.39 is 11.0 Å². The van der Waals surface area contributed by atoms with E-state index >= 15 is 0 Å². The van der Waals surface area contributed by atoms with Gasteiger partial charge in [-0.05, 0) is 42.2 Å². The number of aromatic nitrogens is 2. The third kappa shape index (κ3) is 5.95. The molecule has 1 aromatic carbocycles. The normalized spacial score (nSPS) is 10.8. The van der Waals surface area contributed by atoms with Crippen LogP contribution in [0.3, 0.4) is 0 Å². The highest BCUT2D eigenvalue weighted by Crippen LogP contribution is 2.24. The van der Waals surface area contributed by atoms with Gasteiger partial charge in [-0.25, -0.2) is 4.79 Å². The monoisotopic (exact) mass is 442 g/mol. The zero-order valence-corrected chi connectivity index (χ0v) is 18.5. The number of hydrogen-bond donors (Lipinski definition) is 1. The number of benzene rings is 1. The van der Waals surface area contributed by atoms with Gasteiger partial charge in [0.1, 0.15) is 5.75 Å². The van der Waals surface area contributed by atoms with E-state index in [2.05, 4.69) is 18.0 Å². The SMILES string of the molecule is CCCOC(=O)n1c(O)c(Cc2ccc(OCCc3ccc(CC)cn3)cc2)sc1=O. The van der Waals surface area contributed by atoms with Gasteiger partial charge in [0.25, 0.3) is 0 Å². The van der Waals surface area contributed by atoms with Gasteiger partial charge in [0.15, 0.2) is 0 Å². The van der Waals surface area contributed by atoms with Crippen LogP contribution >= 0.6 is 11.3 Å². The van der Waals surface area contributed by atoms with Crippen molar-refractivity contribution in [2.75, 3.05) is 13.2 Å². The molecule has 3 aromatic rings. The van der Waals surface area contributed by atoms with E-state index in [1.807, 2.05) is 43.5 Å². The molecule has 31 heavy (non-hydrogen) atoms. The summed E-state index contributed by atoms with van der Waals surface area (Å²) < 4.78 is 11.4. The van der Waals surface area contributed by atoms with Gasteiger partial charge in [-0.3, -0.25) is 9.78 Å². The van der Waals surface area contributed by atoms with Crippen LogP contribution in [0.1, 0.15) is 42.0 Å². The Labute approximate surface area is 184 Å². The van der Waals surface area contributed by atoms with Crippen LogP contribution in [-0.4, -0.2) is 34.0 Å². The fraction of sp³-hybridized carbons (Fsp3) is 0.348. The second-order valence-electron chi connectivity index (χ2n) is 7.00. The van der Waals surface area contributed by atoms with Crippen LogP contribution in [0.4, 0.5) is 4.79 Å². The first-order valence-electron chi connectivity index (χ1n) is 10.3. The molecule has 0 unspecified atom stereocenters. The fourth-order valence-corrected chi connectivity index (χ4v) is 3.80. The van der Waals surface area contributed by atoms with Crippen LogP contribution in [0.2, 0.25) is 0 Å². The second-order valence-corrected chi connectivity index (χ2v) is 8.04. The number of hydrogen-bond acceptors (Lipinski definition) is 7. The Hall–Kier alpha value is -3.13. The summed E-state index contributed by atoms with van der Waals surface area (Å²) in [4.78, 5) is 28.3. The molecule has 164 valence electrons. The maximum atomic E-state index is 12.1. The number of aryl methyl sites for hydroxylation is 1. The molecular formula is C23H26N2O5S. The molecule has 0 fully saturated rings. The van der Waals surface area contributed by atoms with Crippen molar-refractivity contribution in [2.45, 2.75) is 39.5 Å². The summed E-state index contributed by atoms with van der Waals surface area (Å²) in [6, 6.07) is 11.5. The summed E-state index contributed by atoms with van der Waals surface area (Å²) in [5, 5.41) is 10.3. The Morgan fingerprint density at radius 2 is 1.84 bits per heavy atom. The molecule has 0 aliphatic carbocycles. The molecule has 3 rings (SSSR count). The number of nitrogens with zero attached hydrogens (tertiary/aromatic N) is 2. The summed E-state index contributed by atoms with van der Waals surface area (Å²) in [7, 11) is 0. The van der Waals surface area contributed by atoms with Gasteiger partial charge < -0.3 is 14.6 Å². The molecular weight excluding hydrogens is 416 g/mol. The third-order valence-electron chi connectivity index (χ3n) is 4.68. The highest BCUT2D eigenvalue weighted by Gasteiger charge is 2.20. The minimum atomic E-state index is -0.852. The highest BCUT2D eigenvalue weighted by atomic mass is 32.1. The third-order valence-corrected chi connectivity index (χ3v) is 5.61. The first-order valence-corrected chi connectivity index (χ1v) is 11.1. The van der Waals surface area contributed by atoms with Crippen LogP contribution in [0.25, 0.3) is 0 Å². The summed E-state index contributed by atoms with van der Waals surface area (Å²) in [6.45, 7) is 4.66. The molecule has 0 saturated carbocycles. The molecule has 0 saturated heterocycles. The van der Waals surface area contributed by atoms with Crippen LogP contribution < -0.4 is 9.61 Å². The van der Waals surface area contributed by atoms with Gasteiger partial charge in [0.05, 0.1) is 18.1 Å². The van der Waals surface area contributed by atoms with Crippen LogP contribution in [0.5, 0.6) is 11.6 Å². The Balaban J connectivity index is 1.56. The molecule has 0 atom stereocenters. The average molecular weight is 443 g/mol. The number of carbonyl (C=O) groups excluding carboxylic acids is 1. The molecule has 2 heterocycles. The van der Waals surface area contributed by atoms with Crippen molar-refractivity contribution in [3.8, 4) is 11.6 Å². The van der Waals surface area contributed by atoms with Gasteiger partial charge >= 0.3 is 11.0 Å². The van der Waals surface area contributed by atoms with Crippen molar-refractivity contribution in [3.63, 3.8) is 0 Å². The lowest BCUT2D eigenvalue weighted by Gasteiger charge is -2.08. The predicted octanol–water partition coefficient (Wildman–Crippen LogP) is 4.18. The first kappa shape index (κ1) is 22.6. The minimum Gasteiger partial charge on any atom is -0.493 e. The number of aromatic hydroxyl groups is 1. The molecule has 0 aliphatic rings. The maximum absolute atomic E-state index is 12.1. The molecule has 2 aromatic heterocycles. The Morgan fingerprint density at radius 3 is 2.48 bits per heavy atom. The Morgan fingerprint density at radius 1 is 1.10 bits per heavy atom. The van der Waals surface area contributed by atoms with Crippen LogP contribution in [0, 0.1) is 0 Å². The van der Waals surface area contributed by atoms with E-state index in [9.17, 15) is 14.7 Å². The average Bonchev–Trinajstić information content (AvgIpc) is 3.06. The largest absolute Gasteiger partial charge is 0.493 e. The number of carbonyl (C=O) groups is 1. The molecule has 7 nitrogen and oxygen atoms in total. The van der Waals surface area contributed by atoms with E-state index in [-0.39, 0.29) is 12.5 Å². The number of pyridine rings is 1. The maximum Gasteiger partial charge on any atom is 0.424 e. The molecule has 0 aliphatic heterocycles. The van der Waals surface area contributed by atoms with Crippen LogP contribution in [-0.2, 0) is 24.0 Å². The lowest BCUT2D eigenvalue weighted by atomic mass is 10.1. The van der Waals surface area contributed by atoms with E-state index in [1.54, 1.807) is 0 Å². The molecule has 0 bridgehead atoms. The van der Waals surface area contributed by atoms with Crippen molar-refractivity contribution >= 4 is 17.4 Å². The molecule has 8 heteroatoms. The van der Waals surface area contributed by atoms with E-state index in [1.165, 1.54) is 5.56 Å². The van der Waals surface area contributed by atoms with Gasteiger partial charge in [0.2, 0.25) is 5.88 Å². The van der Waals surface area contributed by atoms with Gasteiger partial charge in [-0.1, -0.05) is 43.4 Å². The molecule has 0 amide bonds. The van der Waals surface area contributed by atoms with Crippen molar-refractivity contribution < 1.29 is 19.4 Å². The number of thiazole rings is 1. The quantitative estimate of drug-likeness (QED) is 0.535. The summed E-state index contributed by atoms with van der Waals surface area (Å²) in [5.41, 5.74) is 3.08. The van der Waals surface area contributed by atoms with Gasteiger partial charge in [-0.2, -0.15) is 4.57 Å². The Bertz CT molecular complexity index is 1060. The van der Waals surface area contributed by atoms with Crippen molar-refractivity contribution in [3.05, 3.63) is 74.0 Å². The number of rotatable bonds is 9. The van der Waals surface area contributed by atoms with Crippen molar-refractivity contribution in [2.24, 2.45) is 0 Å². The molecule has 1 N–H and O–H groups in total. The smallest absolute Gasteiger partial charge is 0.424 e. The standard InChI is InChI=1S/C23H26N2O5S/c1-3-12-30-22(27)25-21(26)20(31-23(25)28)14-17-6-9-19(10-7-17)29-13-11-18-8-5-16(4-2)15-24-18/h5-10,15,26H,3-4,11-14H2,1-2H3. The summed E-state index contributed by atoms with van der Waals surface area (Å²) in [5.74, 6) is 0.366. The summed E-state index contributed by atoms with van der Waals surface area (Å²) in [6.07, 6.45) is 3.69. The molecule has 0 spiro atoms. The number of ether oxygens (including phenoxy) is 2. The van der Waals surface area contributed by atoms with Crippen molar-refractivity contribution in [1.82, 2.24) is 9.55 Å². The van der Waals surface area contributed by atoms with Gasteiger partial charge in [0, 0.05) is 24.7 Å². The van der Waals surface area contributed by atoms with E-state index in [4.69, 9.17) is 9.47 Å². The first-order chi connectivity index (χ1) is 15.0. The zero-order valence-electron chi connectivity index (χ0n) is 17.7. The van der Waals surface area contributed by atoms with Crippen molar-refractivity contribution in [1.29, 1.82) is 0 Å². The fourth-order valence-electron chi connectivity index (χ4n) is 2.91. The lowest BCUT2D eigenvalue weighted by molar-refractivity contribution is 0.144. The molecule has 0 radical (unpaired) electrons. The van der Waals surface area contributed by atoms with Gasteiger partial charge in [-0.15, -0.1) is 0 Å². The lowest BCUT2D eigenvalue weighted by Crippen LogP contribution is -2.23.